The minimum absolute atomic E-state index is 0.607. The smallest absolute Gasteiger partial charge is 0.106 e. The monoisotopic (exact) mass is 272 g/mol. The van der Waals surface area contributed by atoms with Gasteiger partial charge in [-0.3, -0.25) is 0 Å². The van der Waals surface area contributed by atoms with Crippen molar-refractivity contribution in [2.24, 2.45) is 11.7 Å². The van der Waals surface area contributed by atoms with Crippen LogP contribution in [-0.4, -0.2) is 28.7 Å². The second-order valence-electron chi connectivity index (χ2n) is 5.79. The van der Waals surface area contributed by atoms with Crippen molar-refractivity contribution in [1.82, 2.24) is 14.9 Å². The van der Waals surface area contributed by atoms with Gasteiger partial charge in [-0.15, -0.1) is 0 Å². The van der Waals surface area contributed by atoms with Gasteiger partial charge < -0.3 is 15.6 Å². The number of imidazole rings is 1. The molecule has 0 amide bonds. The van der Waals surface area contributed by atoms with Crippen LogP contribution in [0, 0.1) is 12.8 Å². The van der Waals surface area contributed by atoms with E-state index in [4.69, 9.17) is 5.73 Å². The molecule has 1 fully saturated rings. The summed E-state index contributed by atoms with van der Waals surface area (Å²) in [5.74, 6) is 1.76. The third-order valence-corrected chi connectivity index (χ3v) is 4.55. The highest BCUT2D eigenvalue weighted by Gasteiger charge is 2.25. The number of fused-ring (bicyclic) bond motifs is 1. The lowest BCUT2D eigenvalue weighted by atomic mass is 10.0. The Bertz CT molecular complexity index is 575. The molecule has 0 radical (unpaired) electrons. The quantitative estimate of drug-likeness (QED) is 0.876. The van der Waals surface area contributed by atoms with Gasteiger partial charge in [0.15, 0.2) is 0 Å². The fourth-order valence-electron chi connectivity index (χ4n) is 3.43. The number of para-hydroxylation sites is 2. The molecule has 0 spiro atoms. The van der Waals surface area contributed by atoms with E-state index >= 15 is 0 Å². The van der Waals surface area contributed by atoms with Crippen LogP contribution in [0.4, 0.5) is 0 Å². The fraction of sp³-hybridized carbons (Fsp3) is 0.562. The predicted molar refractivity (Wildman–Crippen MR) is 82.7 cm³/mol. The van der Waals surface area contributed by atoms with E-state index in [0.29, 0.717) is 12.0 Å². The third kappa shape index (κ3) is 2.58. The van der Waals surface area contributed by atoms with Gasteiger partial charge in [0.25, 0.3) is 0 Å². The zero-order valence-electron chi connectivity index (χ0n) is 12.2. The normalized spacial score (nSPS) is 22.7. The van der Waals surface area contributed by atoms with Gasteiger partial charge in [0.1, 0.15) is 5.82 Å². The summed E-state index contributed by atoms with van der Waals surface area (Å²) in [7, 11) is 0. The molecule has 1 aliphatic rings. The van der Waals surface area contributed by atoms with Crippen LogP contribution in [0.15, 0.2) is 24.3 Å². The van der Waals surface area contributed by atoms with Gasteiger partial charge >= 0.3 is 0 Å². The highest BCUT2D eigenvalue weighted by molar-refractivity contribution is 5.75. The summed E-state index contributed by atoms with van der Waals surface area (Å²) in [6.07, 6.45) is 3.86. The maximum absolute atomic E-state index is 5.83. The molecule has 4 heteroatoms. The number of nitrogens with two attached hydrogens (primary N) is 1. The highest BCUT2D eigenvalue weighted by atomic mass is 15.1. The Morgan fingerprint density at radius 1 is 1.35 bits per heavy atom. The summed E-state index contributed by atoms with van der Waals surface area (Å²) in [4.78, 5) is 4.61. The second kappa shape index (κ2) is 5.94. The molecule has 2 unspecified atom stereocenters. The Morgan fingerprint density at radius 2 is 2.20 bits per heavy atom. The number of nitrogens with zero attached hydrogens (tertiary/aromatic N) is 2. The van der Waals surface area contributed by atoms with Crippen LogP contribution < -0.4 is 11.1 Å². The van der Waals surface area contributed by atoms with E-state index in [1.165, 1.54) is 24.8 Å². The van der Waals surface area contributed by atoms with E-state index in [1.807, 2.05) is 6.07 Å². The largest absolute Gasteiger partial charge is 0.330 e. The van der Waals surface area contributed by atoms with Crippen LogP contribution >= 0.6 is 0 Å². The summed E-state index contributed by atoms with van der Waals surface area (Å²) in [6, 6.07) is 8.95. The first-order chi connectivity index (χ1) is 9.79. The standard InChI is InChI=1S/C16H24N4/c1-12-19-15-6-2-3-8-16(15)20(12)10-9-18-14-7-4-5-13(14)11-17/h2-3,6,8,13-14,18H,4-5,7,9-11,17H2,1H3. The minimum Gasteiger partial charge on any atom is -0.330 e. The molecule has 108 valence electrons. The Kier molecular flexibility index (Phi) is 4.03. The molecule has 20 heavy (non-hydrogen) atoms. The zero-order valence-corrected chi connectivity index (χ0v) is 12.2. The molecule has 1 saturated carbocycles. The van der Waals surface area contributed by atoms with Gasteiger partial charge in [-0.1, -0.05) is 18.6 Å². The lowest BCUT2D eigenvalue weighted by Gasteiger charge is -2.20. The van der Waals surface area contributed by atoms with Crippen LogP contribution in [0.25, 0.3) is 11.0 Å². The van der Waals surface area contributed by atoms with Gasteiger partial charge in [0.2, 0.25) is 0 Å². The van der Waals surface area contributed by atoms with Crippen molar-refractivity contribution in [3.8, 4) is 0 Å². The first-order valence-electron chi connectivity index (χ1n) is 7.65. The molecular formula is C16H24N4. The SMILES string of the molecule is Cc1nc2ccccc2n1CCNC1CCCC1CN. The molecule has 0 aliphatic heterocycles. The summed E-state index contributed by atoms with van der Waals surface area (Å²) >= 11 is 0. The van der Waals surface area contributed by atoms with Crippen LogP contribution in [0.1, 0.15) is 25.1 Å². The Labute approximate surface area is 120 Å². The molecule has 1 heterocycles. The maximum atomic E-state index is 5.83. The lowest BCUT2D eigenvalue weighted by molar-refractivity contribution is 0.399. The van der Waals surface area contributed by atoms with Gasteiger partial charge in [0, 0.05) is 19.1 Å². The van der Waals surface area contributed by atoms with Crippen LogP contribution in [-0.2, 0) is 6.54 Å². The van der Waals surface area contributed by atoms with Crippen LogP contribution in [0.5, 0.6) is 0 Å². The minimum atomic E-state index is 0.607. The van der Waals surface area contributed by atoms with Gasteiger partial charge in [0.05, 0.1) is 11.0 Å². The van der Waals surface area contributed by atoms with Crippen molar-refractivity contribution >= 4 is 11.0 Å². The van der Waals surface area contributed by atoms with Crippen LogP contribution in [0.2, 0.25) is 0 Å². The molecule has 1 aromatic carbocycles. The number of aromatic nitrogens is 2. The fourth-order valence-corrected chi connectivity index (χ4v) is 3.43. The third-order valence-electron chi connectivity index (χ3n) is 4.55. The molecule has 3 rings (SSSR count). The highest BCUT2D eigenvalue weighted by Crippen LogP contribution is 2.24. The van der Waals surface area contributed by atoms with Crippen molar-refractivity contribution in [1.29, 1.82) is 0 Å². The Balaban J connectivity index is 1.64. The van der Waals surface area contributed by atoms with Gasteiger partial charge in [-0.2, -0.15) is 0 Å². The number of nitrogens with one attached hydrogen (secondary N) is 1. The summed E-state index contributed by atoms with van der Waals surface area (Å²) < 4.78 is 2.30. The molecule has 1 aliphatic carbocycles. The van der Waals surface area contributed by atoms with E-state index in [9.17, 15) is 0 Å². The van der Waals surface area contributed by atoms with E-state index in [2.05, 4.69) is 40.0 Å². The number of hydrogen-bond donors (Lipinski definition) is 2. The number of hydrogen-bond acceptors (Lipinski definition) is 3. The van der Waals surface area contributed by atoms with Crippen molar-refractivity contribution in [2.75, 3.05) is 13.1 Å². The average Bonchev–Trinajstić information content (AvgIpc) is 3.03. The Hall–Kier alpha value is -1.39. The number of aryl methyl sites for hydroxylation is 1. The summed E-state index contributed by atoms with van der Waals surface area (Å²) in [5, 5.41) is 3.68. The van der Waals surface area contributed by atoms with Crippen molar-refractivity contribution < 1.29 is 0 Å². The molecule has 2 atom stereocenters. The van der Waals surface area contributed by atoms with E-state index in [0.717, 1.165) is 31.0 Å². The maximum Gasteiger partial charge on any atom is 0.106 e. The number of rotatable bonds is 5. The van der Waals surface area contributed by atoms with E-state index in [1.54, 1.807) is 0 Å². The molecule has 1 aromatic heterocycles. The summed E-state index contributed by atoms with van der Waals surface area (Å²) in [5.41, 5.74) is 8.15. The molecule has 0 saturated heterocycles. The zero-order chi connectivity index (χ0) is 13.9. The first kappa shape index (κ1) is 13.6. The molecule has 2 aromatic rings. The lowest BCUT2D eigenvalue weighted by Crippen LogP contribution is -2.37. The molecule has 3 N–H and O–H groups in total. The number of benzene rings is 1. The van der Waals surface area contributed by atoms with Gasteiger partial charge in [-0.05, 0) is 44.4 Å². The Morgan fingerprint density at radius 3 is 3.05 bits per heavy atom. The molecule has 4 nitrogen and oxygen atoms in total. The summed E-state index contributed by atoms with van der Waals surface area (Å²) in [6.45, 7) is 4.85. The van der Waals surface area contributed by atoms with E-state index < -0.39 is 0 Å². The average molecular weight is 272 g/mol. The second-order valence-corrected chi connectivity index (χ2v) is 5.79. The van der Waals surface area contributed by atoms with Crippen molar-refractivity contribution in [3.05, 3.63) is 30.1 Å². The first-order valence-corrected chi connectivity index (χ1v) is 7.65. The molecular weight excluding hydrogens is 248 g/mol. The van der Waals surface area contributed by atoms with Crippen molar-refractivity contribution in [2.45, 2.75) is 38.8 Å². The van der Waals surface area contributed by atoms with Crippen molar-refractivity contribution in [3.63, 3.8) is 0 Å². The van der Waals surface area contributed by atoms with E-state index in [-0.39, 0.29) is 0 Å². The van der Waals surface area contributed by atoms with Crippen LogP contribution in [0.3, 0.4) is 0 Å². The predicted octanol–water partition coefficient (Wildman–Crippen LogP) is 2.06. The topological polar surface area (TPSA) is 55.9 Å². The van der Waals surface area contributed by atoms with Gasteiger partial charge in [-0.25, -0.2) is 4.98 Å². The molecule has 0 bridgehead atoms.